The molecular weight excluding hydrogens is 955 g/mol. The second-order valence-corrected chi connectivity index (χ2v) is 18.7. The maximum atomic E-state index is 12.8. The largest absolute Gasteiger partial charge is 0.534 e. The van der Waals surface area contributed by atoms with E-state index in [0.29, 0.717) is 37.1 Å². The van der Waals surface area contributed by atoms with E-state index in [1.165, 1.54) is 36.1 Å². The first-order valence-corrected chi connectivity index (χ1v) is 24.6. The van der Waals surface area contributed by atoms with Gasteiger partial charge in [-0.2, -0.15) is 21.6 Å². The second kappa shape index (κ2) is 24.0. The van der Waals surface area contributed by atoms with E-state index in [0.717, 1.165) is 39.9 Å². The van der Waals surface area contributed by atoms with Gasteiger partial charge in [-0.1, -0.05) is 134 Å². The van der Waals surface area contributed by atoms with Gasteiger partial charge in [0.15, 0.2) is 5.60 Å². The van der Waals surface area contributed by atoms with Crippen LogP contribution < -0.4 is 9.08 Å². The van der Waals surface area contributed by atoms with Gasteiger partial charge < -0.3 is 33.1 Å². The Kier molecular flexibility index (Phi) is 17.7. The molecule has 72 heavy (non-hydrogen) atoms. The van der Waals surface area contributed by atoms with E-state index in [1.54, 1.807) is 24.3 Å². The number of β-lactam (4-membered cyclic amide) rings is 1. The van der Waals surface area contributed by atoms with Crippen LogP contribution in [0.3, 0.4) is 0 Å². The maximum Gasteiger partial charge on any atom is 0.534 e. The molecule has 2 fully saturated rings. The number of nitrogens with zero attached hydrogens (tertiary/aromatic N) is 1. The highest BCUT2D eigenvalue weighted by molar-refractivity contribution is 7.88. The van der Waals surface area contributed by atoms with Crippen LogP contribution in [0.25, 0.3) is 0 Å². The molecule has 1 saturated heterocycles. The van der Waals surface area contributed by atoms with Crippen LogP contribution in [0.15, 0.2) is 164 Å². The minimum Gasteiger partial charge on any atom is -0.458 e. The van der Waals surface area contributed by atoms with E-state index in [4.69, 9.17) is 18.9 Å². The fourth-order valence-electron chi connectivity index (χ4n) is 8.23. The molecule has 0 radical (unpaired) electrons. The third kappa shape index (κ3) is 14.0. The fraction of sp³-hybridized carbons (Fsp3) is 0.286. The van der Waals surface area contributed by atoms with Gasteiger partial charge in [-0.05, 0) is 82.8 Å². The van der Waals surface area contributed by atoms with Crippen molar-refractivity contribution in [2.24, 2.45) is 0 Å². The van der Waals surface area contributed by atoms with Crippen LogP contribution in [0.5, 0.6) is 5.75 Å². The van der Waals surface area contributed by atoms with Crippen LogP contribution in [-0.4, -0.2) is 54.8 Å². The Bertz CT molecular complexity index is 2830. The highest BCUT2D eigenvalue weighted by Crippen LogP contribution is 2.40. The van der Waals surface area contributed by atoms with E-state index in [9.17, 15) is 40.7 Å². The van der Waals surface area contributed by atoms with Crippen molar-refractivity contribution >= 4 is 27.7 Å². The predicted molar refractivity (Wildman–Crippen MR) is 261 cm³/mol. The van der Waals surface area contributed by atoms with Crippen LogP contribution in [0.2, 0.25) is 0 Å². The molecule has 0 aromatic heterocycles. The van der Waals surface area contributed by atoms with Gasteiger partial charge in [-0.3, -0.25) is 9.59 Å². The zero-order chi connectivity index (χ0) is 51.3. The van der Waals surface area contributed by atoms with Gasteiger partial charge in [0.1, 0.15) is 29.9 Å². The summed E-state index contributed by atoms with van der Waals surface area (Å²) in [6.45, 7) is 4.14. The van der Waals surface area contributed by atoms with Crippen molar-refractivity contribution in [3.05, 3.63) is 203 Å². The van der Waals surface area contributed by atoms with Gasteiger partial charge in [-0.25, -0.2) is 4.39 Å². The van der Waals surface area contributed by atoms with Crippen molar-refractivity contribution < 1.29 is 63.8 Å². The number of aliphatic hydroxyl groups is 1. The number of hydrogen-bond donors (Lipinski definition) is 1. The Labute approximate surface area is 416 Å². The molecule has 11 nitrogen and oxygen atoms in total. The van der Waals surface area contributed by atoms with Gasteiger partial charge in [0, 0.05) is 31.0 Å². The van der Waals surface area contributed by atoms with Crippen LogP contribution in [-0.2, 0) is 58.5 Å². The summed E-state index contributed by atoms with van der Waals surface area (Å²) in [5.74, 6) is 4.92. The van der Waals surface area contributed by atoms with E-state index in [1.807, 2.05) is 110 Å². The first kappa shape index (κ1) is 52.9. The summed E-state index contributed by atoms with van der Waals surface area (Å²) in [6, 6.07) is 46.7. The zero-order valence-electron chi connectivity index (χ0n) is 39.4. The maximum absolute atomic E-state index is 12.8. The summed E-state index contributed by atoms with van der Waals surface area (Å²) in [5.41, 5.74) is -1.88. The predicted octanol–water partition coefficient (Wildman–Crippen LogP) is 10.9. The lowest BCUT2D eigenvalue weighted by atomic mass is 9.78. The number of hydrogen-bond acceptors (Lipinski definition) is 10. The molecule has 1 aliphatic heterocycles. The number of carbonyl (C=O) groups is 2. The number of benzene rings is 6. The van der Waals surface area contributed by atoms with Gasteiger partial charge >= 0.3 is 21.6 Å². The Morgan fingerprint density at radius 3 is 1.69 bits per heavy atom. The summed E-state index contributed by atoms with van der Waals surface area (Å²) in [5, 5.41) is 12.6. The Balaban J connectivity index is 0.000000469. The van der Waals surface area contributed by atoms with Crippen LogP contribution >= 0.6 is 0 Å². The number of alkyl halides is 3. The molecule has 8 rings (SSSR count). The van der Waals surface area contributed by atoms with Gasteiger partial charge in [0.05, 0.1) is 38.4 Å². The van der Waals surface area contributed by atoms with E-state index in [-0.39, 0.29) is 55.6 Å². The number of carbonyl (C=O) groups excluding carboxylic acids is 2. The first-order chi connectivity index (χ1) is 34.5. The average molecular weight is 1010 g/mol. The lowest BCUT2D eigenvalue weighted by Gasteiger charge is -2.44. The SMILES string of the molecule is CCC(OC(C)=O)c1ccc(F)cc1.O=C1CC(c2ccc(C#CC3(O)C(OCc4ccccc4)CC(OCc4ccccc4)CC3OCc3ccccc3)cc2)N1c1ccc(OS(=O)(=O)C(F)(F)F)cc1. The lowest BCUT2D eigenvalue weighted by molar-refractivity contribution is -0.205. The van der Waals surface area contributed by atoms with Crippen LogP contribution in [0.4, 0.5) is 23.2 Å². The lowest BCUT2D eigenvalue weighted by Crippen LogP contribution is -2.59. The molecule has 6 aromatic carbocycles. The molecule has 376 valence electrons. The number of anilines is 1. The van der Waals surface area contributed by atoms with Crippen molar-refractivity contribution in [2.45, 2.75) is 101 Å². The highest BCUT2D eigenvalue weighted by atomic mass is 32.2. The number of halogens is 4. The molecule has 1 saturated carbocycles. The number of esters is 1. The van der Waals surface area contributed by atoms with Crippen molar-refractivity contribution in [1.29, 1.82) is 0 Å². The van der Waals surface area contributed by atoms with Gasteiger partial charge in [0.2, 0.25) is 5.91 Å². The molecular formula is C56H53F4NO10S. The third-order valence-corrected chi connectivity index (χ3v) is 13.0. The molecule has 0 bridgehead atoms. The molecule has 0 spiro atoms. The monoisotopic (exact) mass is 1010 g/mol. The molecule has 1 aliphatic carbocycles. The Hall–Kier alpha value is -6.87. The number of rotatable bonds is 16. The van der Waals surface area contributed by atoms with Crippen molar-refractivity contribution in [2.75, 3.05) is 4.90 Å². The van der Waals surface area contributed by atoms with Crippen LogP contribution in [0.1, 0.15) is 85.1 Å². The molecule has 4 atom stereocenters. The number of amides is 1. The van der Waals surface area contributed by atoms with Crippen molar-refractivity contribution in [1.82, 2.24) is 0 Å². The molecule has 2 aliphatic rings. The average Bonchev–Trinajstić information content (AvgIpc) is 3.37. The highest BCUT2D eigenvalue weighted by Gasteiger charge is 2.51. The number of ether oxygens (including phenoxy) is 4. The van der Waals surface area contributed by atoms with E-state index < -0.39 is 39.2 Å². The van der Waals surface area contributed by atoms with Crippen LogP contribution in [0, 0.1) is 17.7 Å². The topological polar surface area (TPSA) is 138 Å². The second-order valence-electron chi connectivity index (χ2n) is 17.2. The standard InChI is InChI=1S/C45H40F3NO8S.C11H13FO2/c46-45(47,48)58(52,53)57-38-22-20-37(21-23-38)49-40(28-43(49)50)36-18-16-32(17-19-36)24-25-44(51)41(55-30-34-12-6-2-7-13-34)26-39(54-29-33-10-4-1-5-11-33)27-42(44)56-31-35-14-8-3-9-15-35;1-3-11(14-8(2)13)9-4-6-10(12)7-5-9/h1-23,39-42,51H,26-31H2;4-7,11H,3H2,1-2H3. The van der Waals surface area contributed by atoms with Crippen molar-refractivity contribution in [3.8, 4) is 17.6 Å². The minimum atomic E-state index is -5.84. The van der Waals surface area contributed by atoms with Gasteiger partial charge in [0.25, 0.3) is 0 Å². The molecule has 1 amide bonds. The third-order valence-electron chi connectivity index (χ3n) is 12.0. The first-order valence-electron chi connectivity index (χ1n) is 23.2. The Morgan fingerprint density at radius 1 is 0.736 bits per heavy atom. The smallest absolute Gasteiger partial charge is 0.458 e. The molecule has 16 heteroatoms. The van der Waals surface area contributed by atoms with E-state index >= 15 is 0 Å². The van der Waals surface area contributed by atoms with E-state index in [2.05, 4.69) is 16.0 Å². The summed E-state index contributed by atoms with van der Waals surface area (Å²) in [4.78, 5) is 24.9. The molecule has 1 heterocycles. The Morgan fingerprint density at radius 2 is 1.24 bits per heavy atom. The quantitative estimate of drug-likeness (QED) is 0.0249. The normalized spacial score (nSPS) is 20.2. The molecule has 6 aromatic rings. The molecule has 1 N–H and O–H groups in total. The van der Waals surface area contributed by atoms with Gasteiger partial charge in [-0.15, -0.1) is 0 Å². The summed E-state index contributed by atoms with van der Waals surface area (Å²) in [6.07, 6.45) is -0.534. The van der Waals surface area contributed by atoms with Crippen molar-refractivity contribution in [3.63, 3.8) is 0 Å². The molecule has 4 unspecified atom stereocenters. The summed E-state index contributed by atoms with van der Waals surface area (Å²) in [7, 11) is -5.84. The fourth-order valence-corrected chi connectivity index (χ4v) is 8.69. The summed E-state index contributed by atoms with van der Waals surface area (Å²) < 4.78 is 102. The summed E-state index contributed by atoms with van der Waals surface area (Å²) >= 11 is 0. The zero-order valence-corrected chi connectivity index (χ0v) is 40.2. The minimum absolute atomic E-state index is 0.180.